The lowest BCUT2D eigenvalue weighted by Gasteiger charge is -2.36. The standard InChI is InChI=1S/C23H25N3O3/c27-21-14-18(15-26(21)20-7-3-5-16-4-1-2-6-19(16)20)23(29)25-12-10-24(11-13-25)22(28)17-8-9-17/h1-7,17-18H,8-15H2/t18-/m1/s1. The van der Waals surface area contributed by atoms with E-state index in [2.05, 4.69) is 0 Å². The Morgan fingerprint density at radius 3 is 2.10 bits per heavy atom. The Kier molecular flexibility index (Phi) is 4.49. The maximum atomic E-state index is 13.1. The van der Waals surface area contributed by atoms with Crippen LogP contribution in [0.5, 0.6) is 0 Å². The summed E-state index contributed by atoms with van der Waals surface area (Å²) in [5.41, 5.74) is 0.878. The molecule has 3 amide bonds. The molecule has 1 saturated carbocycles. The van der Waals surface area contributed by atoms with E-state index in [1.54, 1.807) is 4.90 Å². The number of carbonyl (C=O) groups is 3. The van der Waals surface area contributed by atoms with Crippen LogP contribution in [-0.4, -0.2) is 60.2 Å². The molecule has 0 N–H and O–H groups in total. The molecule has 0 unspecified atom stereocenters. The quantitative estimate of drug-likeness (QED) is 0.807. The fourth-order valence-corrected chi connectivity index (χ4v) is 4.54. The van der Waals surface area contributed by atoms with Gasteiger partial charge in [-0.25, -0.2) is 0 Å². The molecule has 2 aliphatic heterocycles. The molecule has 1 aliphatic carbocycles. The van der Waals surface area contributed by atoms with Gasteiger partial charge in [0.05, 0.1) is 11.6 Å². The van der Waals surface area contributed by atoms with Gasteiger partial charge in [0.15, 0.2) is 0 Å². The van der Waals surface area contributed by atoms with Crippen molar-refractivity contribution in [2.45, 2.75) is 19.3 Å². The van der Waals surface area contributed by atoms with Crippen molar-refractivity contribution in [3.63, 3.8) is 0 Å². The highest BCUT2D eigenvalue weighted by molar-refractivity contribution is 6.07. The molecule has 0 bridgehead atoms. The van der Waals surface area contributed by atoms with Crippen LogP contribution in [0.3, 0.4) is 0 Å². The zero-order chi connectivity index (χ0) is 20.0. The number of carbonyl (C=O) groups excluding carboxylic acids is 3. The number of hydrogen-bond donors (Lipinski definition) is 0. The molecule has 2 heterocycles. The number of amides is 3. The van der Waals surface area contributed by atoms with Crippen LogP contribution in [0, 0.1) is 11.8 Å². The predicted octanol–water partition coefficient (Wildman–Crippen LogP) is 2.27. The smallest absolute Gasteiger partial charge is 0.228 e. The van der Waals surface area contributed by atoms with Gasteiger partial charge in [0.25, 0.3) is 0 Å². The van der Waals surface area contributed by atoms with Gasteiger partial charge in [0.2, 0.25) is 17.7 Å². The van der Waals surface area contributed by atoms with Crippen molar-refractivity contribution in [2.24, 2.45) is 11.8 Å². The first kappa shape index (κ1) is 18.2. The van der Waals surface area contributed by atoms with Gasteiger partial charge in [-0.15, -0.1) is 0 Å². The van der Waals surface area contributed by atoms with E-state index in [-0.39, 0.29) is 36.0 Å². The molecule has 2 saturated heterocycles. The molecule has 29 heavy (non-hydrogen) atoms. The van der Waals surface area contributed by atoms with Crippen LogP contribution >= 0.6 is 0 Å². The second-order valence-electron chi connectivity index (χ2n) is 8.33. The third-order valence-electron chi connectivity index (χ3n) is 6.36. The van der Waals surface area contributed by atoms with E-state index in [1.165, 1.54) is 0 Å². The minimum absolute atomic E-state index is 0.00208. The van der Waals surface area contributed by atoms with Crippen LogP contribution in [0.4, 0.5) is 5.69 Å². The highest BCUT2D eigenvalue weighted by Gasteiger charge is 2.40. The van der Waals surface area contributed by atoms with E-state index in [4.69, 9.17) is 0 Å². The van der Waals surface area contributed by atoms with E-state index in [1.807, 2.05) is 52.3 Å². The van der Waals surface area contributed by atoms with Crippen molar-refractivity contribution in [3.8, 4) is 0 Å². The first-order valence-corrected chi connectivity index (χ1v) is 10.5. The fraction of sp³-hybridized carbons (Fsp3) is 0.435. The monoisotopic (exact) mass is 391 g/mol. The first-order valence-electron chi connectivity index (χ1n) is 10.5. The Balaban J connectivity index is 1.26. The van der Waals surface area contributed by atoms with Gasteiger partial charge in [-0.05, 0) is 24.3 Å². The summed E-state index contributed by atoms with van der Waals surface area (Å²) in [4.78, 5) is 43.5. The van der Waals surface area contributed by atoms with Crippen molar-refractivity contribution < 1.29 is 14.4 Å². The highest BCUT2D eigenvalue weighted by atomic mass is 16.2. The SMILES string of the molecule is O=C(C1CC1)N1CCN(C(=O)[C@@H]2CC(=O)N(c3cccc4ccccc34)C2)CC1. The summed E-state index contributed by atoms with van der Waals surface area (Å²) < 4.78 is 0. The van der Waals surface area contributed by atoms with Gasteiger partial charge >= 0.3 is 0 Å². The fourth-order valence-electron chi connectivity index (χ4n) is 4.54. The maximum Gasteiger partial charge on any atom is 0.228 e. The Hall–Kier alpha value is -2.89. The molecule has 3 fully saturated rings. The molecule has 1 atom stereocenters. The van der Waals surface area contributed by atoms with Crippen LogP contribution < -0.4 is 4.90 Å². The molecule has 150 valence electrons. The van der Waals surface area contributed by atoms with Crippen molar-refractivity contribution >= 4 is 34.2 Å². The van der Waals surface area contributed by atoms with Gasteiger partial charge in [0, 0.05) is 50.4 Å². The van der Waals surface area contributed by atoms with Crippen molar-refractivity contribution in [1.29, 1.82) is 0 Å². The molecule has 3 aliphatic rings. The zero-order valence-electron chi connectivity index (χ0n) is 16.4. The van der Waals surface area contributed by atoms with E-state index >= 15 is 0 Å². The minimum atomic E-state index is -0.313. The normalized spacial score (nSPS) is 22.4. The topological polar surface area (TPSA) is 60.9 Å². The lowest BCUT2D eigenvalue weighted by Crippen LogP contribution is -2.52. The van der Waals surface area contributed by atoms with Crippen LogP contribution in [0.1, 0.15) is 19.3 Å². The number of benzene rings is 2. The number of piperazine rings is 1. The van der Waals surface area contributed by atoms with E-state index in [0.29, 0.717) is 32.7 Å². The third kappa shape index (κ3) is 3.37. The van der Waals surface area contributed by atoms with Crippen molar-refractivity contribution in [2.75, 3.05) is 37.6 Å². The van der Waals surface area contributed by atoms with Crippen molar-refractivity contribution in [3.05, 3.63) is 42.5 Å². The molecule has 2 aromatic carbocycles. The molecule has 0 radical (unpaired) electrons. The first-order chi connectivity index (χ1) is 14.1. The van der Waals surface area contributed by atoms with Gasteiger partial charge < -0.3 is 14.7 Å². The van der Waals surface area contributed by atoms with E-state index in [9.17, 15) is 14.4 Å². The summed E-state index contributed by atoms with van der Waals surface area (Å²) >= 11 is 0. The number of nitrogens with zero attached hydrogens (tertiary/aromatic N) is 3. The summed E-state index contributed by atoms with van der Waals surface area (Å²) in [7, 11) is 0. The van der Waals surface area contributed by atoms with Crippen LogP contribution in [0.15, 0.2) is 42.5 Å². The Bertz CT molecular complexity index is 971. The van der Waals surface area contributed by atoms with Gasteiger partial charge in [0.1, 0.15) is 0 Å². The third-order valence-corrected chi connectivity index (χ3v) is 6.36. The minimum Gasteiger partial charge on any atom is -0.339 e. The molecule has 5 rings (SSSR count). The van der Waals surface area contributed by atoms with E-state index < -0.39 is 0 Å². The second kappa shape index (κ2) is 7.17. The summed E-state index contributed by atoms with van der Waals surface area (Å²) in [6, 6.07) is 13.9. The largest absolute Gasteiger partial charge is 0.339 e. The zero-order valence-corrected chi connectivity index (χ0v) is 16.4. The van der Waals surface area contributed by atoms with Gasteiger partial charge in [-0.3, -0.25) is 14.4 Å². The Labute approximate surface area is 170 Å². The summed E-state index contributed by atoms with van der Waals surface area (Å²) in [5.74, 6) is 0.197. The average Bonchev–Trinajstić information content (AvgIpc) is 3.54. The number of rotatable bonds is 3. The van der Waals surface area contributed by atoms with Crippen molar-refractivity contribution in [1.82, 2.24) is 9.80 Å². The Morgan fingerprint density at radius 2 is 1.41 bits per heavy atom. The summed E-state index contributed by atoms with van der Waals surface area (Å²) in [6.07, 6.45) is 2.27. The van der Waals surface area contributed by atoms with E-state index in [0.717, 1.165) is 29.3 Å². The van der Waals surface area contributed by atoms with Crippen LogP contribution in [0.2, 0.25) is 0 Å². The predicted molar refractivity (Wildman–Crippen MR) is 110 cm³/mol. The lowest BCUT2D eigenvalue weighted by molar-refractivity contribution is -0.142. The summed E-state index contributed by atoms with van der Waals surface area (Å²) in [6.45, 7) is 2.77. The Morgan fingerprint density at radius 1 is 0.793 bits per heavy atom. The number of fused-ring (bicyclic) bond motifs is 1. The lowest BCUT2D eigenvalue weighted by atomic mass is 10.1. The van der Waals surface area contributed by atoms with Crippen LogP contribution in [0.25, 0.3) is 10.8 Å². The average molecular weight is 391 g/mol. The maximum absolute atomic E-state index is 13.1. The molecule has 6 heteroatoms. The number of anilines is 1. The molecule has 0 spiro atoms. The summed E-state index contributed by atoms with van der Waals surface area (Å²) in [5, 5.41) is 2.12. The molecular weight excluding hydrogens is 366 g/mol. The molecule has 2 aromatic rings. The van der Waals surface area contributed by atoms with Gasteiger partial charge in [-0.2, -0.15) is 0 Å². The van der Waals surface area contributed by atoms with Gasteiger partial charge in [-0.1, -0.05) is 36.4 Å². The van der Waals surface area contributed by atoms with Crippen LogP contribution in [-0.2, 0) is 14.4 Å². The molecule has 0 aromatic heterocycles. The molecule has 6 nitrogen and oxygen atoms in total. The molecular formula is C23H25N3O3. The number of hydrogen-bond acceptors (Lipinski definition) is 3. The second-order valence-corrected chi connectivity index (χ2v) is 8.33. The highest BCUT2D eigenvalue weighted by Crippen LogP contribution is 2.33.